The van der Waals surface area contributed by atoms with Crippen molar-refractivity contribution in [2.45, 2.75) is 31.5 Å². The van der Waals surface area contributed by atoms with E-state index in [1.165, 1.54) is 0 Å². The van der Waals surface area contributed by atoms with Crippen LogP contribution < -0.4 is 0 Å². The van der Waals surface area contributed by atoms with Crippen LogP contribution in [0.15, 0.2) is 0 Å². The topological polar surface area (TPSA) is 29.6 Å². The molecule has 1 aliphatic heterocycles. The molecule has 2 aliphatic rings. The summed E-state index contributed by atoms with van der Waals surface area (Å²) in [7, 11) is 0. The van der Waals surface area contributed by atoms with Gasteiger partial charge in [0, 0.05) is 6.42 Å². The SMILES string of the molecule is O=C1CCC[C@H]2O[C@@H]12. The van der Waals surface area contributed by atoms with Gasteiger partial charge < -0.3 is 4.74 Å². The van der Waals surface area contributed by atoms with E-state index in [-0.39, 0.29) is 6.10 Å². The summed E-state index contributed by atoms with van der Waals surface area (Å²) in [6.07, 6.45) is 3.26. The zero-order chi connectivity index (χ0) is 5.56. The van der Waals surface area contributed by atoms with E-state index < -0.39 is 0 Å². The van der Waals surface area contributed by atoms with Gasteiger partial charge in [0.15, 0.2) is 5.78 Å². The molecular formula is C6H8O2. The maximum Gasteiger partial charge on any atom is 0.164 e. The van der Waals surface area contributed by atoms with Crippen LogP contribution in [0.2, 0.25) is 0 Å². The number of carbonyl (C=O) groups excluding carboxylic acids is 1. The highest BCUT2D eigenvalue weighted by Gasteiger charge is 2.46. The van der Waals surface area contributed by atoms with Gasteiger partial charge in [0.1, 0.15) is 6.10 Å². The molecule has 1 saturated carbocycles. The van der Waals surface area contributed by atoms with Crippen LogP contribution in [0.3, 0.4) is 0 Å². The summed E-state index contributed by atoms with van der Waals surface area (Å²) in [5, 5.41) is 0. The highest BCUT2D eigenvalue weighted by atomic mass is 16.6. The highest BCUT2D eigenvalue weighted by Crippen LogP contribution is 2.33. The van der Waals surface area contributed by atoms with Crippen molar-refractivity contribution in [3.63, 3.8) is 0 Å². The van der Waals surface area contributed by atoms with Crippen molar-refractivity contribution >= 4 is 5.78 Å². The quantitative estimate of drug-likeness (QED) is 0.427. The Morgan fingerprint density at radius 1 is 1.62 bits per heavy atom. The zero-order valence-electron chi connectivity index (χ0n) is 4.59. The van der Waals surface area contributed by atoms with Gasteiger partial charge in [0.25, 0.3) is 0 Å². The normalized spacial score (nSPS) is 43.8. The van der Waals surface area contributed by atoms with Gasteiger partial charge in [-0.1, -0.05) is 0 Å². The predicted octanol–water partition coefficient (Wildman–Crippen LogP) is 0.507. The van der Waals surface area contributed by atoms with Crippen molar-refractivity contribution in [1.82, 2.24) is 0 Å². The monoisotopic (exact) mass is 112 g/mol. The Morgan fingerprint density at radius 2 is 2.50 bits per heavy atom. The molecule has 44 valence electrons. The van der Waals surface area contributed by atoms with Gasteiger partial charge in [-0.25, -0.2) is 0 Å². The first kappa shape index (κ1) is 4.50. The second kappa shape index (κ2) is 1.32. The van der Waals surface area contributed by atoms with Gasteiger partial charge in [-0.3, -0.25) is 4.79 Å². The fourth-order valence-corrected chi connectivity index (χ4v) is 1.27. The number of epoxide rings is 1. The molecular weight excluding hydrogens is 104 g/mol. The third kappa shape index (κ3) is 0.494. The summed E-state index contributed by atoms with van der Waals surface area (Å²) < 4.78 is 5.04. The molecule has 1 aliphatic carbocycles. The van der Waals surface area contributed by atoms with Crippen molar-refractivity contribution in [2.75, 3.05) is 0 Å². The second-order valence-electron chi connectivity index (χ2n) is 2.45. The molecule has 0 aromatic heterocycles. The minimum Gasteiger partial charge on any atom is -0.361 e. The fraction of sp³-hybridized carbons (Fsp3) is 0.833. The molecule has 2 nitrogen and oxygen atoms in total. The van der Waals surface area contributed by atoms with E-state index in [9.17, 15) is 4.79 Å². The van der Waals surface area contributed by atoms with E-state index in [1.54, 1.807) is 0 Å². The van der Waals surface area contributed by atoms with E-state index in [4.69, 9.17) is 4.74 Å². The van der Waals surface area contributed by atoms with E-state index >= 15 is 0 Å². The Morgan fingerprint density at radius 3 is 3.12 bits per heavy atom. The van der Waals surface area contributed by atoms with E-state index in [0.29, 0.717) is 11.9 Å². The number of ketones is 1. The number of carbonyl (C=O) groups is 1. The summed E-state index contributed by atoms with van der Waals surface area (Å²) in [5.74, 6) is 0.321. The molecule has 1 saturated heterocycles. The van der Waals surface area contributed by atoms with E-state index in [1.807, 2.05) is 0 Å². The molecule has 2 atom stereocenters. The van der Waals surface area contributed by atoms with Crippen LogP contribution in [0.5, 0.6) is 0 Å². The van der Waals surface area contributed by atoms with Gasteiger partial charge in [-0.05, 0) is 12.8 Å². The lowest BCUT2D eigenvalue weighted by Crippen LogP contribution is -2.14. The van der Waals surface area contributed by atoms with Gasteiger partial charge in [-0.2, -0.15) is 0 Å². The van der Waals surface area contributed by atoms with E-state index in [0.717, 1.165) is 19.3 Å². The summed E-state index contributed by atoms with van der Waals surface area (Å²) in [4.78, 5) is 10.7. The average molecular weight is 112 g/mol. The van der Waals surface area contributed by atoms with Crippen LogP contribution in [0, 0.1) is 0 Å². The molecule has 2 rings (SSSR count). The lowest BCUT2D eigenvalue weighted by molar-refractivity contribution is -0.120. The smallest absolute Gasteiger partial charge is 0.164 e. The van der Waals surface area contributed by atoms with Crippen molar-refractivity contribution in [3.8, 4) is 0 Å². The predicted molar refractivity (Wildman–Crippen MR) is 27.5 cm³/mol. The standard InChI is InChI=1S/C6H8O2/c7-4-2-1-3-5-6(4)8-5/h5-6H,1-3H2/t5-,6+/m1/s1. The molecule has 0 unspecified atom stereocenters. The number of rotatable bonds is 0. The summed E-state index contributed by atoms with van der Waals surface area (Å²) >= 11 is 0. The summed E-state index contributed by atoms with van der Waals surface area (Å²) in [6, 6.07) is 0. The van der Waals surface area contributed by atoms with Crippen molar-refractivity contribution in [2.24, 2.45) is 0 Å². The lowest BCUT2D eigenvalue weighted by Gasteiger charge is -2.00. The van der Waals surface area contributed by atoms with Gasteiger partial charge in [0.2, 0.25) is 0 Å². The highest BCUT2D eigenvalue weighted by molar-refractivity contribution is 5.86. The lowest BCUT2D eigenvalue weighted by atomic mass is 10.00. The Kier molecular flexibility index (Phi) is 0.742. The Bertz CT molecular complexity index is 130. The van der Waals surface area contributed by atoms with Crippen LogP contribution in [0.4, 0.5) is 0 Å². The molecule has 8 heavy (non-hydrogen) atoms. The fourth-order valence-electron chi connectivity index (χ4n) is 1.27. The molecule has 2 fully saturated rings. The first-order valence-corrected chi connectivity index (χ1v) is 3.06. The molecule has 0 amide bonds. The number of fused-ring (bicyclic) bond motifs is 1. The summed E-state index contributed by atoms with van der Waals surface area (Å²) in [6.45, 7) is 0. The van der Waals surface area contributed by atoms with Crippen LogP contribution in [-0.4, -0.2) is 18.0 Å². The maximum atomic E-state index is 10.7. The van der Waals surface area contributed by atoms with Crippen molar-refractivity contribution in [3.05, 3.63) is 0 Å². The van der Waals surface area contributed by atoms with Crippen LogP contribution in [-0.2, 0) is 9.53 Å². The Balaban J connectivity index is 2.08. The van der Waals surface area contributed by atoms with Crippen molar-refractivity contribution in [1.29, 1.82) is 0 Å². The molecule has 2 heteroatoms. The zero-order valence-corrected chi connectivity index (χ0v) is 4.59. The first-order valence-electron chi connectivity index (χ1n) is 3.06. The number of ether oxygens (including phenoxy) is 1. The number of Topliss-reactive ketones (excluding diaryl/α,β-unsaturated/α-hetero) is 1. The van der Waals surface area contributed by atoms with Gasteiger partial charge >= 0.3 is 0 Å². The minimum absolute atomic E-state index is 0.0312. The Labute approximate surface area is 47.8 Å². The third-order valence-electron chi connectivity index (χ3n) is 1.81. The maximum absolute atomic E-state index is 10.7. The average Bonchev–Trinajstić information content (AvgIpc) is 2.45. The van der Waals surface area contributed by atoms with Crippen molar-refractivity contribution < 1.29 is 9.53 Å². The van der Waals surface area contributed by atoms with Crippen LogP contribution >= 0.6 is 0 Å². The van der Waals surface area contributed by atoms with E-state index in [2.05, 4.69) is 0 Å². The Hall–Kier alpha value is -0.370. The molecule has 0 radical (unpaired) electrons. The first-order chi connectivity index (χ1) is 3.88. The molecule has 0 aromatic carbocycles. The third-order valence-corrected chi connectivity index (χ3v) is 1.81. The molecule has 0 N–H and O–H groups in total. The molecule has 0 bridgehead atoms. The molecule has 0 aromatic rings. The van der Waals surface area contributed by atoms with Crippen LogP contribution in [0.1, 0.15) is 19.3 Å². The van der Waals surface area contributed by atoms with Gasteiger partial charge in [0.05, 0.1) is 6.10 Å². The number of hydrogen-bond donors (Lipinski definition) is 0. The summed E-state index contributed by atoms with van der Waals surface area (Å²) in [5.41, 5.74) is 0. The number of hydrogen-bond acceptors (Lipinski definition) is 2. The second-order valence-corrected chi connectivity index (χ2v) is 2.45. The van der Waals surface area contributed by atoms with Gasteiger partial charge in [-0.15, -0.1) is 0 Å². The van der Waals surface area contributed by atoms with Crippen LogP contribution in [0.25, 0.3) is 0 Å². The molecule has 1 heterocycles. The largest absolute Gasteiger partial charge is 0.361 e. The molecule has 0 spiro atoms. The minimum atomic E-state index is 0.0312.